The van der Waals surface area contributed by atoms with Crippen molar-refractivity contribution in [3.8, 4) is 0 Å². The number of aromatic nitrogens is 1. The fourth-order valence-corrected chi connectivity index (χ4v) is 3.61. The van der Waals surface area contributed by atoms with E-state index in [0.29, 0.717) is 17.5 Å². The normalized spacial score (nSPS) is 29.3. The van der Waals surface area contributed by atoms with Gasteiger partial charge in [0.05, 0.1) is 4.92 Å². The molecule has 2 heterocycles. The van der Waals surface area contributed by atoms with Gasteiger partial charge in [-0.2, -0.15) is 0 Å². The first kappa shape index (κ1) is 13.3. The topological polar surface area (TPSA) is 85.3 Å². The Morgan fingerprint density at radius 2 is 2.20 bits per heavy atom. The molecule has 1 saturated carbocycles. The zero-order valence-electron chi connectivity index (χ0n) is 11.7. The Kier molecular flexibility index (Phi) is 3.33. The first-order chi connectivity index (χ1) is 9.56. The van der Waals surface area contributed by atoms with Gasteiger partial charge in [-0.05, 0) is 37.7 Å². The quantitative estimate of drug-likeness (QED) is 0.658. The van der Waals surface area contributed by atoms with Gasteiger partial charge in [-0.25, -0.2) is 4.98 Å². The zero-order chi connectivity index (χ0) is 14.3. The van der Waals surface area contributed by atoms with Crippen molar-refractivity contribution in [2.45, 2.75) is 32.2 Å². The van der Waals surface area contributed by atoms with Crippen LogP contribution in [-0.2, 0) is 0 Å². The molecule has 1 saturated heterocycles. The number of anilines is 1. The lowest BCUT2D eigenvalue weighted by atomic mass is 9.78. The van der Waals surface area contributed by atoms with E-state index in [0.717, 1.165) is 25.3 Å². The van der Waals surface area contributed by atoms with Crippen LogP contribution in [0.1, 0.15) is 25.0 Å². The average Bonchev–Trinajstić information content (AvgIpc) is 2.83. The van der Waals surface area contributed by atoms with Gasteiger partial charge in [-0.1, -0.05) is 6.42 Å². The molecule has 3 unspecified atom stereocenters. The Balaban J connectivity index is 1.81. The molecule has 0 spiro atoms. The van der Waals surface area contributed by atoms with E-state index in [2.05, 4.69) is 9.88 Å². The number of hydrogen-bond acceptors (Lipinski definition) is 5. The smallest absolute Gasteiger partial charge is 0.290 e. The lowest BCUT2D eigenvalue weighted by Crippen LogP contribution is -2.38. The van der Waals surface area contributed by atoms with E-state index in [-0.39, 0.29) is 16.7 Å². The largest absolute Gasteiger partial charge is 0.356 e. The lowest BCUT2D eigenvalue weighted by Gasteiger charge is -2.29. The van der Waals surface area contributed by atoms with Gasteiger partial charge >= 0.3 is 0 Å². The first-order valence-electron chi connectivity index (χ1n) is 7.19. The lowest BCUT2D eigenvalue weighted by molar-refractivity contribution is -0.385. The summed E-state index contributed by atoms with van der Waals surface area (Å²) in [6.07, 6.45) is 3.56. The molecule has 1 aliphatic carbocycles. The van der Waals surface area contributed by atoms with Gasteiger partial charge in [0, 0.05) is 25.2 Å². The number of nitrogens with zero attached hydrogens (tertiary/aromatic N) is 3. The van der Waals surface area contributed by atoms with E-state index in [1.165, 1.54) is 12.8 Å². The van der Waals surface area contributed by atoms with E-state index < -0.39 is 0 Å². The molecule has 3 rings (SSSR count). The molecule has 108 valence electrons. The maximum Gasteiger partial charge on any atom is 0.290 e. The van der Waals surface area contributed by atoms with Crippen molar-refractivity contribution in [3.63, 3.8) is 0 Å². The van der Waals surface area contributed by atoms with Gasteiger partial charge in [0.2, 0.25) is 0 Å². The highest BCUT2D eigenvalue weighted by Gasteiger charge is 2.39. The van der Waals surface area contributed by atoms with Crippen LogP contribution in [0.15, 0.2) is 12.1 Å². The number of nitro groups is 1. The second-order valence-corrected chi connectivity index (χ2v) is 5.95. The fourth-order valence-electron chi connectivity index (χ4n) is 3.61. The van der Waals surface area contributed by atoms with Crippen molar-refractivity contribution in [2.24, 2.45) is 17.6 Å². The molecule has 1 aliphatic heterocycles. The van der Waals surface area contributed by atoms with Gasteiger partial charge in [0.1, 0.15) is 11.5 Å². The molecule has 0 amide bonds. The first-order valence-corrected chi connectivity index (χ1v) is 7.19. The predicted octanol–water partition coefficient (Wildman–Crippen LogP) is 1.86. The molecule has 1 aromatic heterocycles. The summed E-state index contributed by atoms with van der Waals surface area (Å²) in [5.74, 6) is 2.03. The van der Waals surface area contributed by atoms with Crippen molar-refractivity contribution in [1.29, 1.82) is 0 Å². The fraction of sp³-hybridized carbons (Fsp3) is 0.643. The summed E-state index contributed by atoms with van der Waals surface area (Å²) < 4.78 is 0. The second kappa shape index (κ2) is 5.01. The van der Waals surface area contributed by atoms with Gasteiger partial charge in [0.15, 0.2) is 0 Å². The molecule has 0 radical (unpaired) electrons. The minimum atomic E-state index is -0.383. The number of pyridine rings is 1. The third-order valence-corrected chi connectivity index (χ3v) is 4.72. The summed E-state index contributed by atoms with van der Waals surface area (Å²) >= 11 is 0. The maximum absolute atomic E-state index is 10.8. The van der Waals surface area contributed by atoms with Crippen LogP contribution in [0.3, 0.4) is 0 Å². The van der Waals surface area contributed by atoms with E-state index in [1.54, 1.807) is 19.1 Å². The Morgan fingerprint density at radius 1 is 1.40 bits per heavy atom. The van der Waals surface area contributed by atoms with Crippen LogP contribution in [0.5, 0.6) is 0 Å². The molecule has 20 heavy (non-hydrogen) atoms. The molecule has 6 heteroatoms. The Hall–Kier alpha value is -1.69. The highest BCUT2D eigenvalue weighted by Crippen LogP contribution is 2.37. The summed E-state index contributed by atoms with van der Waals surface area (Å²) in [7, 11) is 0. The summed E-state index contributed by atoms with van der Waals surface area (Å²) in [5.41, 5.74) is 6.78. The molecule has 1 aromatic rings. The van der Waals surface area contributed by atoms with Crippen LogP contribution in [0, 0.1) is 28.9 Å². The highest BCUT2D eigenvalue weighted by atomic mass is 16.6. The summed E-state index contributed by atoms with van der Waals surface area (Å²) in [4.78, 5) is 17.1. The SMILES string of the molecule is Cc1nc(N2CC3CCCC(N)C3C2)ccc1[N+](=O)[O-]. The van der Waals surface area contributed by atoms with E-state index >= 15 is 0 Å². The Morgan fingerprint density at radius 3 is 2.85 bits per heavy atom. The van der Waals surface area contributed by atoms with Crippen molar-refractivity contribution >= 4 is 11.5 Å². The average molecular weight is 276 g/mol. The van der Waals surface area contributed by atoms with Crippen LogP contribution in [-0.4, -0.2) is 29.0 Å². The van der Waals surface area contributed by atoms with Crippen LogP contribution in [0.2, 0.25) is 0 Å². The molecule has 2 N–H and O–H groups in total. The van der Waals surface area contributed by atoms with Gasteiger partial charge in [0.25, 0.3) is 5.69 Å². The molecule has 2 fully saturated rings. The summed E-state index contributed by atoms with van der Waals surface area (Å²) in [6.45, 7) is 3.59. The van der Waals surface area contributed by atoms with Gasteiger partial charge in [-0.3, -0.25) is 10.1 Å². The molecule has 2 aliphatic rings. The van der Waals surface area contributed by atoms with E-state index in [4.69, 9.17) is 5.73 Å². The number of rotatable bonds is 2. The molecule has 0 bridgehead atoms. The van der Waals surface area contributed by atoms with Crippen LogP contribution < -0.4 is 10.6 Å². The predicted molar refractivity (Wildman–Crippen MR) is 76.6 cm³/mol. The highest BCUT2D eigenvalue weighted by molar-refractivity contribution is 5.47. The van der Waals surface area contributed by atoms with Crippen molar-refractivity contribution in [1.82, 2.24) is 4.98 Å². The second-order valence-electron chi connectivity index (χ2n) is 5.95. The third-order valence-electron chi connectivity index (χ3n) is 4.72. The number of hydrogen-bond donors (Lipinski definition) is 1. The Labute approximate surface area is 118 Å². The van der Waals surface area contributed by atoms with E-state index in [9.17, 15) is 10.1 Å². The van der Waals surface area contributed by atoms with Crippen LogP contribution in [0.25, 0.3) is 0 Å². The van der Waals surface area contributed by atoms with Crippen molar-refractivity contribution < 1.29 is 4.92 Å². The third kappa shape index (κ3) is 2.24. The summed E-state index contributed by atoms with van der Waals surface area (Å²) in [5, 5.41) is 10.8. The van der Waals surface area contributed by atoms with E-state index in [1.807, 2.05) is 0 Å². The van der Waals surface area contributed by atoms with Crippen molar-refractivity contribution in [2.75, 3.05) is 18.0 Å². The van der Waals surface area contributed by atoms with Crippen LogP contribution in [0.4, 0.5) is 11.5 Å². The zero-order valence-corrected chi connectivity index (χ0v) is 11.7. The van der Waals surface area contributed by atoms with Crippen molar-refractivity contribution in [3.05, 3.63) is 27.9 Å². The molecule has 6 nitrogen and oxygen atoms in total. The minimum Gasteiger partial charge on any atom is -0.356 e. The monoisotopic (exact) mass is 276 g/mol. The standard InChI is InChI=1S/C14H20N4O2/c1-9-13(18(19)20)5-6-14(16-9)17-7-10-3-2-4-12(15)11(10)8-17/h5-6,10-12H,2-4,7-8,15H2,1H3. The number of fused-ring (bicyclic) bond motifs is 1. The molecule has 3 atom stereocenters. The molecular weight excluding hydrogens is 256 g/mol. The van der Waals surface area contributed by atoms with Gasteiger partial charge < -0.3 is 10.6 Å². The summed E-state index contributed by atoms with van der Waals surface area (Å²) in [6, 6.07) is 3.60. The van der Waals surface area contributed by atoms with Crippen LogP contribution >= 0.6 is 0 Å². The number of nitrogens with two attached hydrogens (primary N) is 1. The number of aryl methyl sites for hydroxylation is 1. The molecule has 0 aromatic carbocycles. The minimum absolute atomic E-state index is 0.0852. The maximum atomic E-state index is 10.8. The molecular formula is C14H20N4O2. The van der Waals surface area contributed by atoms with Gasteiger partial charge in [-0.15, -0.1) is 0 Å². The Bertz CT molecular complexity index is 534.